The summed E-state index contributed by atoms with van der Waals surface area (Å²) >= 11 is 12.0. The van der Waals surface area contributed by atoms with E-state index in [1.54, 1.807) is 6.07 Å². The molecule has 0 radical (unpaired) electrons. The highest BCUT2D eigenvalue weighted by Crippen LogP contribution is 2.32. The van der Waals surface area contributed by atoms with Crippen molar-refractivity contribution in [3.05, 3.63) is 27.7 Å². The summed E-state index contributed by atoms with van der Waals surface area (Å²) in [7, 11) is 0. The van der Waals surface area contributed by atoms with Gasteiger partial charge in [-0.15, -0.1) is 0 Å². The van der Waals surface area contributed by atoms with Crippen LogP contribution in [0, 0.1) is 0 Å². The van der Waals surface area contributed by atoms with E-state index in [1.165, 1.54) is 12.8 Å². The minimum atomic E-state index is 0.154. The van der Waals surface area contributed by atoms with Gasteiger partial charge in [0.25, 0.3) is 0 Å². The van der Waals surface area contributed by atoms with Crippen LogP contribution in [-0.4, -0.2) is 35.7 Å². The average molecular weight is 317 g/mol. The number of halogens is 2. The number of hydrogen-bond acceptors (Lipinski definition) is 3. The minimum absolute atomic E-state index is 0.154. The van der Waals surface area contributed by atoms with Gasteiger partial charge < -0.3 is 10.4 Å². The number of nitrogens with zero attached hydrogens (tertiary/aromatic N) is 1. The fourth-order valence-electron chi connectivity index (χ4n) is 2.78. The highest BCUT2D eigenvalue weighted by atomic mass is 35.5. The van der Waals surface area contributed by atoms with Crippen molar-refractivity contribution in [1.82, 2.24) is 10.2 Å². The second-order valence-electron chi connectivity index (χ2n) is 5.37. The Balaban J connectivity index is 2.14. The minimum Gasteiger partial charge on any atom is -0.506 e. The predicted molar refractivity (Wildman–Crippen MR) is 84.7 cm³/mol. The molecule has 1 aliphatic rings. The second-order valence-corrected chi connectivity index (χ2v) is 6.21. The molecule has 1 heterocycles. The van der Waals surface area contributed by atoms with E-state index in [0.29, 0.717) is 22.6 Å². The Morgan fingerprint density at radius 3 is 2.85 bits per heavy atom. The van der Waals surface area contributed by atoms with Crippen molar-refractivity contribution in [1.29, 1.82) is 0 Å². The van der Waals surface area contributed by atoms with Crippen LogP contribution in [0.25, 0.3) is 0 Å². The smallest absolute Gasteiger partial charge is 0.138 e. The summed E-state index contributed by atoms with van der Waals surface area (Å²) in [6.07, 6.45) is 3.49. The van der Waals surface area contributed by atoms with Crippen molar-refractivity contribution < 1.29 is 5.11 Å². The SMILES string of the molecule is CCCN(Cc1cc(Cl)cc(Cl)c1O)C1CCCNC1. The molecule has 1 aromatic rings. The van der Waals surface area contributed by atoms with E-state index in [2.05, 4.69) is 17.1 Å². The Labute approximate surface area is 130 Å². The van der Waals surface area contributed by atoms with Crippen LogP contribution in [-0.2, 0) is 6.54 Å². The van der Waals surface area contributed by atoms with Crippen LogP contribution in [0.3, 0.4) is 0 Å². The molecule has 1 aromatic carbocycles. The molecule has 0 saturated carbocycles. The fourth-order valence-corrected chi connectivity index (χ4v) is 3.32. The molecular formula is C15H22Cl2N2O. The molecule has 1 aliphatic heterocycles. The second kappa shape index (κ2) is 7.51. The molecule has 0 amide bonds. The van der Waals surface area contributed by atoms with Crippen LogP contribution in [0.1, 0.15) is 31.7 Å². The number of phenolic OH excluding ortho intramolecular Hbond substituents is 1. The van der Waals surface area contributed by atoms with Crippen LogP contribution in [0.4, 0.5) is 0 Å². The van der Waals surface area contributed by atoms with E-state index in [4.69, 9.17) is 23.2 Å². The molecule has 3 nitrogen and oxygen atoms in total. The van der Waals surface area contributed by atoms with Gasteiger partial charge in [-0.3, -0.25) is 4.90 Å². The summed E-state index contributed by atoms with van der Waals surface area (Å²) in [4.78, 5) is 2.41. The molecule has 1 atom stereocenters. The van der Waals surface area contributed by atoms with Gasteiger partial charge in [-0.25, -0.2) is 0 Å². The Kier molecular flexibility index (Phi) is 5.97. The molecular weight excluding hydrogens is 295 g/mol. The maximum atomic E-state index is 10.1. The lowest BCUT2D eigenvalue weighted by Gasteiger charge is -2.34. The third kappa shape index (κ3) is 4.01. The first-order valence-corrected chi connectivity index (χ1v) is 7.99. The zero-order valence-corrected chi connectivity index (χ0v) is 13.3. The molecule has 1 fully saturated rings. The van der Waals surface area contributed by atoms with E-state index in [0.717, 1.165) is 31.6 Å². The van der Waals surface area contributed by atoms with Gasteiger partial charge in [0.15, 0.2) is 0 Å². The predicted octanol–water partition coefficient (Wildman–Crippen LogP) is 3.66. The van der Waals surface area contributed by atoms with E-state index < -0.39 is 0 Å². The number of aromatic hydroxyl groups is 1. The zero-order chi connectivity index (χ0) is 14.5. The topological polar surface area (TPSA) is 35.5 Å². The molecule has 1 saturated heterocycles. The standard InChI is InChI=1S/C15H22Cl2N2O/c1-2-6-19(13-4-3-5-18-9-13)10-11-7-12(16)8-14(17)15(11)20/h7-8,13,18,20H,2-6,9-10H2,1H3. The fraction of sp³-hybridized carbons (Fsp3) is 0.600. The molecule has 20 heavy (non-hydrogen) atoms. The van der Waals surface area contributed by atoms with Gasteiger partial charge in [-0.05, 0) is 44.5 Å². The van der Waals surface area contributed by atoms with Gasteiger partial charge in [0.2, 0.25) is 0 Å². The van der Waals surface area contributed by atoms with E-state index in [9.17, 15) is 5.11 Å². The highest BCUT2D eigenvalue weighted by Gasteiger charge is 2.22. The van der Waals surface area contributed by atoms with Gasteiger partial charge >= 0.3 is 0 Å². The van der Waals surface area contributed by atoms with Crippen molar-refractivity contribution in [2.75, 3.05) is 19.6 Å². The lowest BCUT2D eigenvalue weighted by molar-refractivity contribution is 0.156. The number of benzene rings is 1. The van der Waals surface area contributed by atoms with E-state index in [1.807, 2.05) is 6.07 Å². The summed E-state index contributed by atoms with van der Waals surface area (Å²) < 4.78 is 0. The molecule has 0 aliphatic carbocycles. The maximum absolute atomic E-state index is 10.1. The van der Waals surface area contributed by atoms with E-state index in [-0.39, 0.29) is 5.75 Å². The summed E-state index contributed by atoms with van der Waals surface area (Å²) in [5.74, 6) is 0.154. The first-order chi connectivity index (χ1) is 9.61. The molecule has 1 unspecified atom stereocenters. The Bertz CT molecular complexity index is 448. The molecule has 0 aromatic heterocycles. The normalized spacial score (nSPS) is 19.5. The molecule has 5 heteroatoms. The molecule has 0 bridgehead atoms. The number of hydrogen-bond donors (Lipinski definition) is 2. The van der Waals surface area contributed by atoms with Crippen LogP contribution in [0.5, 0.6) is 5.75 Å². The van der Waals surface area contributed by atoms with Crippen LogP contribution < -0.4 is 5.32 Å². The quantitative estimate of drug-likeness (QED) is 0.870. The summed E-state index contributed by atoms with van der Waals surface area (Å²) in [6.45, 7) is 5.98. The van der Waals surface area contributed by atoms with Crippen molar-refractivity contribution in [3.8, 4) is 5.75 Å². The van der Waals surface area contributed by atoms with Crippen molar-refractivity contribution in [2.24, 2.45) is 0 Å². The average Bonchev–Trinajstić information content (AvgIpc) is 2.44. The molecule has 0 spiro atoms. The summed E-state index contributed by atoms with van der Waals surface area (Å²) in [5, 5.41) is 14.4. The van der Waals surface area contributed by atoms with Crippen molar-refractivity contribution in [3.63, 3.8) is 0 Å². The lowest BCUT2D eigenvalue weighted by Crippen LogP contribution is -2.45. The van der Waals surface area contributed by atoms with E-state index >= 15 is 0 Å². The summed E-state index contributed by atoms with van der Waals surface area (Å²) in [5.41, 5.74) is 0.807. The maximum Gasteiger partial charge on any atom is 0.138 e. The number of phenols is 1. The van der Waals surface area contributed by atoms with Gasteiger partial charge in [0, 0.05) is 29.7 Å². The summed E-state index contributed by atoms with van der Waals surface area (Å²) in [6, 6.07) is 3.90. The molecule has 2 N–H and O–H groups in total. The monoisotopic (exact) mass is 316 g/mol. The van der Waals surface area contributed by atoms with Crippen molar-refractivity contribution in [2.45, 2.75) is 38.8 Å². The van der Waals surface area contributed by atoms with Crippen LogP contribution in [0.2, 0.25) is 10.0 Å². The Morgan fingerprint density at radius 2 is 2.20 bits per heavy atom. The Hall–Kier alpha value is -0.480. The van der Waals surface area contributed by atoms with Crippen LogP contribution in [0.15, 0.2) is 12.1 Å². The first-order valence-electron chi connectivity index (χ1n) is 7.23. The Morgan fingerprint density at radius 1 is 1.40 bits per heavy atom. The third-order valence-electron chi connectivity index (χ3n) is 3.78. The largest absolute Gasteiger partial charge is 0.506 e. The van der Waals surface area contributed by atoms with Gasteiger partial charge in [-0.1, -0.05) is 30.1 Å². The number of piperidine rings is 1. The van der Waals surface area contributed by atoms with Gasteiger partial charge in [0.1, 0.15) is 5.75 Å². The molecule has 2 rings (SSSR count). The number of rotatable bonds is 5. The van der Waals surface area contributed by atoms with Gasteiger partial charge in [0.05, 0.1) is 5.02 Å². The molecule has 112 valence electrons. The lowest BCUT2D eigenvalue weighted by atomic mass is 10.0. The van der Waals surface area contributed by atoms with Crippen molar-refractivity contribution >= 4 is 23.2 Å². The van der Waals surface area contributed by atoms with Gasteiger partial charge in [-0.2, -0.15) is 0 Å². The zero-order valence-electron chi connectivity index (χ0n) is 11.8. The van der Waals surface area contributed by atoms with Crippen LogP contribution >= 0.6 is 23.2 Å². The number of nitrogens with one attached hydrogen (secondary N) is 1. The third-order valence-corrected chi connectivity index (χ3v) is 4.28. The first kappa shape index (κ1) is 15.9. The highest BCUT2D eigenvalue weighted by molar-refractivity contribution is 6.35.